The summed E-state index contributed by atoms with van der Waals surface area (Å²) < 4.78 is 7.91. The number of halogens is 1. The van der Waals surface area contributed by atoms with Crippen molar-refractivity contribution in [1.82, 2.24) is 14.5 Å². The Morgan fingerprint density at radius 1 is 1.30 bits per heavy atom. The number of nitrogens with zero attached hydrogens (tertiary/aromatic N) is 3. The van der Waals surface area contributed by atoms with Crippen molar-refractivity contribution >= 4 is 39.1 Å². The highest BCUT2D eigenvalue weighted by Gasteiger charge is 2.20. The Morgan fingerprint density at radius 3 is 2.78 bits per heavy atom. The van der Waals surface area contributed by atoms with E-state index >= 15 is 0 Å². The SMILES string of the molecule is CC(C)(C)c1cc(NC(=O)Nc2ccc(Br)n3ccnc23)no1. The molecule has 120 valence electrons. The maximum atomic E-state index is 12.1. The normalized spacial score (nSPS) is 11.7. The van der Waals surface area contributed by atoms with Gasteiger partial charge in [-0.15, -0.1) is 0 Å². The van der Waals surface area contributed by atoms with Crippen molar-refractivity contribution in [2.75, 3.05) is 10.6 Å². The van der Waals surface area contributed by atoms with Crippen LogP contribution in [0.2, 0.25) is 0 Å². The molecule has 0 aliphatic rings. The standard InChI is InChI=1S/C15H16BrN5O2/c1-15(2,3)10-8-12(20-23-10)19-14(22)18-9-4-5-11(16)21-7-6-17-13(9)21/h4-8H,1-3H3,(H2,18,19,20,22). The lowest BCUT2D eigenvalue weighted by atomic mass is 9.93. The van der Waals surface area contributed by atoms with Crippen molar-refractivity contribution in [2.45, 2.75) is 26.2 Å². The van der Waals surface area contributed by atoms with Gasteiger partial charge in [0.15, 0.2) is 11.5 Å². The van der Waals surface area contributed by atoms with Crippen LogP contribution in [0.15, 0.2) is 39.7 Å². The van der Waals surface area contributed by atoms with Crippen LogP contribution in [0.1, 0.15) is 26.5 Å². The Kier molecular flexibility index (Phi) is 3.85. The van der Waals surface area contributed by atoms with Gasteiger partial charge >= 0.3 is 6.03 Å². The summed E-state index contributed by atoms with van der Waals surface area (Å²) >= 11 is 3.42. The van der Waals surface area contributed by atoms with Crippen molar-refractivity contribution in [3.63, 3.8) is 0 Å². The van der Waals surface area contributed by atoms with Crippen molar-refractivity contribution in [1.29, 1.82) is 0 Å². The molecular weight excluding hydrogens is 362 g/mol. The van der Waals surface area contributed by atoms with E-state index in [4.69, 9.17) is 4.52 Å². The lowest BCUT2D eigenvalue weighted by Gasteiger charge is -2.12. The van der Waals surface area contributed by atoms with Gasteiger partial charge in [0.05, 0.1) is 10.3 Å². The molecular formula is C15H16BrN5O2. The summed E-state index contributed by atoms with van der Waals surface area (Å²) in [5.74, 6) is 1.07. The quantitative estimate of drug-likeness (QED) is 0.660. The topological polar surface area (TPSA) is 84.5 Å². The molecule has 0 saturated carbocycles. The van der Waals surface area contributed by atoms with E-state index in [9.17, 15) is 4.79 Å². The fraction of sp³-hybridized carbons (Fsp3) is 0.267. The summed E-state index contributed by atoms with van der Waals surface area (Å²) in [7, 11) is 0. The van der Waals surface area contributed by atoms with Crippen molar-refractivity contribution in [3.8, 4) is 0 Å². The number of nitrogens with one attached hydrogen (secondary N) is 2. The van der Waals surface area contributed by atoms with Crippen LogP contribution in [-0.2, 0) is 5.41 Å². The number of fused-ring (bicyclic) bond motifs is 1. The summed E-state index contributed by atoms with van der Waals surface area (Å²) in [6, 6.07) is 4.91. The molecule has 0 aromatic carbocycles. The molecule has 8 heteroatoms. The highest BCUT2D eigenvalue weighted by Crippen LogP contribution is 2.25. The number of pyridine rings is 1. The fourth-order valence-corrected chi connectivity index (χ4v) is 2.46. The first-order chi connectivity index (χ1) is 10.8. The predicted octanol–water partition coefficient (Wildman–Crippen LogP) is 4.03. The first-order valence-corrected chi connectivity index (χ1v) is 7.80. The van der Waals surface area contributed by atoms with Gasteiger partial charge in [-0.2, -0.15) is 0 Å². The molecule has 7 nitrogen and oxygen atoms in total. The lowest BCUT2D eigenvalue weighted by molar-refractivity contribution is 0.262. The molecule has 0 radical (unpaired) electrons. The fourth-order valence-electron chi connectivity index (χ4n) is 2.04. The number of urea groups is 1. The zero-order chi connectivity index (χ0) is 16.6. The van der Waals surface area contributed by atoms with Gasteiger partial charge in [-0.3, -0.25) is 9.72 Å². The van der Waals surface area contributed by atoms with Gasteiger partial charge in [-0.1, -0.05) is 25.9 Å². The van der Waals surface area contributed by atoms with Crippen LogP contribution in [0, 0.1) is 0 Å². The number of rotatable bonds is 2. The van der Waals surface area contributed by atoms with Crippen LogP contribution >= 0.6 is 15.9 Å². The first kappa shape index (κ1) is 15.5. The second kappa shape index (κ2) is 5.69. The van der Waals surface area contributed by atoms with Gasteiger partial charge in [0.2, 0.25) is 0 Å². The van der Waals surface area contributed by atoms with Gasteiger partial charge in [0.25, 0.3) is 0 Å². The third-order valence-corrected chi connectivity index (χ3v) is 3.88. The molecule has 3 rings (SSSR count). The van der Waals surface area contributed by atoms with E-state index in [0.717, 1.165) is 4.60 Å². The maximum absolute atomic E-state index is 12.1. The number of hydrogen-bond donors (Lipinski definition) is 2. The van der Waals surface area contributed by atoms with E-state index in [0.29, 0.717) is 22.9 Å². The van der Waals surface area contributed by atoms with Crippen LogP contribution < -0.4 is 10.6 Å². The molecule has 2 N–H and O–H groups in total. The largest absolute Gasteiger partial charge is 0.359 e. The van der Waals surface area contributed by atoms with Crippen LogP contribution in [0.4, 0.5) is 16.3 Å². The summed E-state index contributed by atoms with van der Waals surface area (Å²) in [6.07, 6.45) is 3.46. The third-order valence-electron chi connectivity index (χ3n) is 3.24. The number of imidazole rings is 1. The first-order valence-electron chi connectivity index (χ1n) is 7.01. The average molecular weight is 378 g/mol. The molecule has 3 aromatic rings. The molecule has 0 aliphatic carbocycles. The molecule has 2 amide bonds. The van der Waals surface area contributed by atoms with E-state index in [-0.39, 0.29) is 5.41 Å². The second-order valence-electron chi connectivity index (χ2n) is 6.10. The average Bonchev–Trinajstić information content (AvgIpc) is 3.10. The van der Waals surface area contributed by atoms with E-state index in [1.807, 2.05) is 31.2 Å². The molecule has 0 aliphatic heterocycles. The zero-order valence-electron chi connectivity index (χ0n) is 12.9. The van der Waals surface area contributed by atoms with Crippen molar-refractivity contribution in [2.24, 2.45) is 0 Å². The summed E-state index contributed by atoms with van der Waals surface area (Å²) in [6.45, 7) is 6.02. The Bertz CT molecular complexity index is 862. The van der Waals surface area contributed by atoms with Gasteiger partial charge < -0.3 is 9.84 Å². The van der Waals surface area contributed by atoms with Crippen LogP contribution in [0.5, 0.6) is 0 Å². The van der Waals surface area contributed by atoms with Gasteiger partial charge in [-0.05, 0) is 28.1 Å². The monoisotopic (exact) mass is 377 g/mol. The summed E-state index contributed by atoms with van der Waals surface area (Å²) in [4.78, 5) is 16.4. The molecule has 0 spiro atoms. The van der Waals surface area contributed by atoms with Gasteiger partial charge in [-0.25, -0.2) is 9.78 Å². The van der Waals surface area contributed by atoms with Crippen LogP contribution in [-0.4, -0.2) is 20.6 Å². The minimum Gasteiger partial charge on any atom is -0.359 e. The molecule has 0 fully saturated rings. The number of hydrogen-bond acceptors (Lipinski definition) is 4. The third kappa shape index (κ3) is 3.21. The molecule has 23 heavy (non-hydrogen) atoms. The predicted molar refractivity (Wildman–Crippen MR) is 90.7 cm³/mol. The number of carbonyl (C=O) groups excluding carboxylic acids is 1. The lowest BCUT2D eigenvalue weighted by Crippen LogP contribution is -2.20. The molecule has 0 atom stereocenters. The Labute approximate surface area is 141 Å². The van der Waals surface area contributed by atoms with E-state index in [1.165, 1.54) is 0 Å². The number of anilines is 2. The Hall–Kier alpha value is -2.35. The van der Waals surface area contributed by atoms with Gasteiger partial charge in [0.1, 0.15) is 5.76 Å². The highest BCUT2D eigenvalue weighted by atomic mass is 79.9. The van der Waals surface area contributed by atoms with Crippen LogP contribution in [0.3, 0.4) is 0 Å². The summed E-state index contributed by atoms with van der Waals surface area (Å²) in [5.41, 5.74) is 1.07. The number of aromatic nitrogens is 3. The maximum Gasteiger partial charge on any atom is 0.325 e. The van der Waals surface area contributed by atoms with Crippen LogP contribution in [0.25, 0.3) is 5.65 Å². The number of carbonyl (C=O) groups is 1. The molecule has 3 heterocycles. The Balaban J connectivity index is 1.75. The van der Waals surface area contributed by atoms with E-state index in [2.05, 4.69) is 36.7 Å². The van der Waals surface area contributed by atoms with E-state index in [1.54, 1.807) is 24.5 Å². The minimum absolute atomic E-state index is 0.170. The number of amides is 2. The van der Waals surface area contributed by atoms with Gasteiger partial charge in [0, 0.05) is 23.9 Å². The van der Waals surface area contributed by atoms with E-state index < -0.39 is 6.03 Å². The highest BCUT2D eigenvalue weighted by molar-refractivity contribution is 9.10. The smallest absolute Gasteiger partial charge is 0.325 e. The van der Waals surface area contributed by atoms with Crippen molar-refractivity contribution in [3.05, 3.63) is 41.0 Å². The minimum atomic E-state index is -0.411. The molecule has 3 aromatic heterocycles. The molecule has 0 unspecified atom stereocenters. The zero-order valence-corrected chi connectivity index (χ0v) is 14.5. The molecule has 0 saturated heterocycles. The molecule has 0 bridgehead atoms. The summed E-state index contributed by atoms with van der Waals surface area (Å²) in [5, 5.41) is 9.27. The van der Waals surface area contributed by atoms with Crippen molar-refractivity contribution < 1.29 is 9.32 Å². The Morgan fingerprint density at radius 2 is 2.09 bits per heavy atom. The second-order valence-corrected chi connectivity index (χ2v) is 6.91.